The van der Waals surface area contributed by atoms with Crippen molar-refractivity contribution in [1.29, 1.82) is 0 Å². The molecule has 1 saturated heterocycles. The highest BCUT2D eigenvalue weighted by atomic mass is 35.5. The van der Waals surface area contributed by atoms with E-state index in [9.17, 15) is 12.8 Å². The Balaban J connectivity index is 2.28. The molecule has 18 heavy (non-hydrogen) atoms. The van der Waals surface area contributed by atoms with Crippen molar-refractivity contribution in [2.45, 2.75) is 18.9 Å². The molecular formula is C11H14ClFN2O2S. The Bertz CT molecular complexity index is 591. The Labute approximate surface area is 110 Å². The molecule has 0 bridgehead atoms. The lowest BCUT2D eigenvalue weighted by Crippen LogP contribution is -2.36. The van der Waals surface area contributed by atoms with Gasteiger partial charge in [0.25, 0.3) is 0 Å². The third kappa shape index (κ3) is 2.70. The van der Waals surface area contributed by atoms with Crippen LogP contribution in [0.1, 0.15) is 13.3 Å². The van der Waals surface area contributed by atoms with Crippen molar-refractivity contribution >= 4 is 32.8 Å². The maximum Gasteiger partial charge on any atom is 0.152 e. The first-order valence-corrected chi connectivity index (χ1v) is 7.64. The largest absolute Gasteiger partial charge is 0.397 e. The van der Waals surface area contributed by atoms with Gasteiger partial charge in [0, 0.05) is 11.6 Å². The molecule has 0 aromatic heterocycles. The molecule has 100 valence electrons. The van der Waals surface area contributed by atoms with Crippen molar-refractivity contribution in [3.8, 4) is 0 Å². The summed E-state index contributed by atoms with van der Waals surface area (Å²) in [6.07, 6.45) is 0.471. The first-order valence-electron chi connectivity index (χ1n) is 5.44. The smallest absolute Gasteiger partial charge is 0.152 e. The molecule has 0 aliphatic carbocycles. The molecule has 0 spiro atoms. The minimum Gasteiger partial charge on any atom is -0.397 e. The number of anilines is 2. The van der Waals surface area contributed by atoms with Crippen LogP contribution < -0.4 is 11.1 Å². The topological polar surface area (TPSA) is 72.2 Å². The average Bonchev–Trinajstić information content (AvgIpc) is 2.50. The van der Waals surface area contributed by atoms with Crippen LogP contribution in [0, 0.1) is 5.82 Å². The molecule has 1 atom stereocenters. The fourth-order valence-electron chi connectivity index (χ4n) is 2.10. The first-order chi connectivity index (χ1) is 8.21. The first kappa shape index (κ1) is 13.4. The number of benzene rings is 1. The fourth-order valence-corrected chi connectivity index (χ4v) is 4.37. The van der Waals surface area contributed by atoms with Crippen LogP contribution in [0.5, 0.6) is 0 Å². The third-order valence-electron chi connectivity index (χ3n) is 3.03. The number of nitrogens with two attached hydrogens (primary N) is 1. The van der Waals surface area contributed by atoms with Gasteiger partial charge < -0.3 is 11.1 Å². The van der Waals surface area contributed by atoms with E-state index in [0.717, 1.165) is 0 Å². The van der Waals surface area contributed by atoms with E-state index in [2.05, 4.69) is 5.32 Å². The molecule has 1 aliphatic rings. The number of halogens is 2. The van der Waals surface area contributed by atoms with Gasteiger partial charge in [0.05, 0.1) is 27.9 Å². The van der Waals surface area contributed by atoms with E-state index in [1.165, 1.54) is 12.1 Å². The summed E-state index contributed by atoms with van der Waals surface area (Å²) in [4.78, 5) is 0. The Kier molecular flexibility index (Phi) is 3.19. The van der Waals surface area contributed by atoms with E-state index in [0.29, 0.717) is 17.8 Å². The van der Waals surface area contributed by atoms with E-state index in [-0.39, 0.29) is 16.5 Å². The van der Waals surface area contributed by atoms with Crippen molar-refractivity contribution < 1.29 is 12.8 Å². The lowest BCUT2D eigenvalue weighted by atomic mass is 10.0. The lowest BCUT2D eigenvalue weighted by molar-refractivity contribution is 0.573. The molecule has 0 radical (unpaired) electrons. The van der Waals surface area contributed by atoms with Gasteiger partial charge in [-0.2, -0.15) is 0 Å². The summed E-state index contributed by atoms with van der Waals surface area (Å²) in [5, 5.41) is 2.95. The third-order valence-corrected chi connectivity index (χ3v) is 5.22. The number of sulfone groups is 1. The standard InChI is InChI=1S/C11H14ClFN2O2S/c1-11(2-3-18(16,17)6-11)15-10-5-8(13)7(12)4-9(10)14/h4-5,15H,2-3,6,14H2,1H3. The van der Waals surface area contributed by atoms with Crippen LogP contribution in [0.15, 0.2) is 12.1 Å². The average molecular weight is 293 g/mol. The van der Waals surface area contributed by atoms with Gasteiger partial charge in [-0.05, 0) is 19.4 Å². The molecular weight excluding hydrogens is 279 g/mol. The molecule has 0 saturated carbocycles. The Morgan fingerprint density at radius 2 is 2.17 bits per heavy atom. The number of rotatable bonds is 2. The zero-order chi connectivity index (χ0) is 13.6. The summed E-state index contributed by atoms with van der Waals surface area (Å²) >= 11 is 5.60. The van der Waals surface area contributed by atoms with Crippen LogP contribution in [0.3, 0.4) is 0 Å². The summed E-state index contributed by atoms with van der Waals surface area (Å²) in [5.74, 6) is -0.436. The second-order valence-electron chi connectivity index (χ2n) is 4.88. The van der Waals surface area contributed by atoms with Crippen molar-refractivity contribution in [3.05, 3.63) is 23.0 Å². The van der Waals surface area contributed by atoms with E-state index < -0.39 is 21.2 Å². The van der Waals surface area contributed by atoms with Gasteiger partial charge in [-0.25, -0.2) is 12.8 Å². The van der Waals surface area contributed by atoms with E-state index in [1.807, 2.05) is 0 Å². The van der Waals surface area contributed by atoms with Crippen LogP contribution in [-0.2, 0) is 9.84 Å². The highest BCUT2D eigenvalue weighted by molar-refractivity contribution is 7.91. The van der Waals surface area contributed by atoms with E-state index in [1.54, 1.807) is 6.92 Å². The lowest BCUT2D eigenvalue weighted by Gasteiger charge is -2.26. The molecule has 1 aromatic rings. The summed E-state index contributed by atoms with van der Waals surface area (Å²) < 4.78 is 36.3. The molecule has 3 N–H and O–H groups in total. The zero-order valence-electron chi connectivity index (χ0n) is 9.83. The van der Waals surface area contributed by atoms with Crippen LogP contribution in [0.2, 0.25) is 5.02 Å². The molecule has 1 heterocycles. The summed E-state index contributed by atoms with van der Waals surface area (Å²) in [7, 11) is -3.03. The maximum atomic E-state index is 13.4. The van der Waals surface area contributed by atoms with Crippen molar-refractivity contribution in [2.75, 3.05) is 22.6 Å². The van der Waals surface area contributed by atoms with Crippen LogP contribution >= 0.6 is 11.6 Å². The number of hydrogen-bond acceptors (Lipinski definition) is 4. The van der Waals surface area contributed by atoms with Crippen molar-refractivity contribution in [2.24, 2.45) is 0 Å². The number of nitrogens with one attached hydrogen (secondary N) is 1. The van der Waals surface area contributed by atoms with Gasteiger partial charge in [-0.15, -0.1) is 0 Å². The van der Waals surface area contributed by atoms with E-state index in [4.69, 9.17) is 17.3 Å². The summed E-state index contributed by atoms with van der Waals surface area (Å²) in [5.41, 5.74) is 5.78. The van der Waals surface area contributed by atoms with Gasteiger partial charge in [-0.3, -0.25) is 0 Å². The van der Waals surface area contributed by atoms with Gasteiger partial charge in [0.15, 0.2) is 9.84 Å². The van der Waals surface area contributed by atoms with E-state index >= 15 is 0 Å². The highest BCUT2D eigenvalue weighted by Gasteiger charge is 2.38. The monoisotopic (exact) mass is 292 g/mol. The molecule has 0 amide bonds. The highest BCUT2D eigenvalue weighted by Crippen LogP contribution is 2.32. The quantitative estimate of drug-likeness (QED) is 0.818. The van der Waals surface area contributed by atoms with Gasteiger partial charge >= 0.3 is 0 Å². The molecule has 1 aromatic carbocycles. The molecule has 4 nitrogen and oxygen atoms in total. The predicted molar refractivity (Wildman–Crippen MR) is 71.1 cm³/mol. The minimum atomic E-state index is -3.03. The van der Waals surface area contributed by atoms with Crippen LogP contribution in [-0.4, -0.2) is 25.5 Å². The van der Waals surface area contributed by atoms with Gasteiger partial charge in [-0.1, -0.05) is 11.6 Å². The Morgan fingerprint density at radius 1 is 1.50 bits per heavy atom. The summed E-state index contributed by atoms with van der Waals surface area (Å²) in [6.45, 7) is 1.78. The fraction of sp³-hybridized carbons (Fsp3) is 0.455. The number of nitrogen functional groups attached to an aromatic ring is 1. The molecule has 7 heteroatoms. The van der Waals surface area contributed by atoms with Crippen LogP contribution in [0.4, 0.5) is 15.8 Å². The zero-order valence-corrected chi connectivity index (χ0v) is 11.4. The van der Waals surface area contributed by atoms with Crippen molar-refractivity contribution in [1.82, 2.24) is 0 Å². The maximum absolute atomic E-state index is 13.4. The Hall–Kier alpha value is -1.01. The van der Waals surface area contributed by atoms with Crippen molar-refractivity contribution in [3.63, 3.8) is 0 Å². The normalized spacial score (nSPS) is 26.2. The molecule has 1 aliphatic heterocycles. The second-order valence-corrected chi connectivity index (χ2v) is 7.47. The van der Waals surface area contributed by atoms with Gasteiger partial charge in [0.1, 0.15) is 5.82 Å². The second kappa shape index (κ2) is 4.28. The van der Waals surface area contributed by atoms with Gasteiger partial charge in [0.2, 0.25) is 0 Å². The van der Waals surface area contributed by atoms with Crippen LogP contribution in [0.25, 0.3) is 0 Å². The minimum absolute atomic E-state index is 0.0175. The predicted octanol–water partition coefficient (Wildman–Crippen LogP) is 2.05. The molecule has 1 unspecified atom stereocenters. The molecule has 2 rings (SSSR count). The molecule has 1 fully saturated rings. The Morgan fingerprint density at radius 3 is 2.72 bits per heavy atom. The number of hydrogen-bond donors (Lipinski definition) is 2. The SMILES string of the molecule is CC1(Nc2cc(F)c(Cl)cc2N)CCS(=O)(=O)C1. The summed E-state index contributed by atoms with van der Waals surface area (Å²) in [6, 6.07) is 2.50.